The summed E-state index contributed by atoms with van der Waals surface area (Å²) in [5, 5.41) is 0. The number of hydrogen-bond acceptors (Lipinski definition) is 3. The second-order valence-corrected chi connectivity index (χ2v) is 14.0. The van der Waals surface area contributed by atoms with Crippen molar-refractivity contribution in [1.82, 2.24) is 15.0 Å². The number of nitrogens with one attached hydrogen (secondary N) is 1. The number of hydrogen-bond donors (Lipinski definition) is 1. The molecule has 7 aromatic carbocycles. The van der Waals surface area contributed by atoms with E-state index in [9.17, 15) is 0 Å². The first kappa shape index (κ1) is 29.4. The van der Waals surface area contributed by atoms with E-state index in [0.717, 1.165) is 50.2 Å². The van der Waals surface area contributed by atoms with Gasteiger partial charge in [-0.2, -0.15) is 0 Å². The van der Waals surface area contributed by atoms with E-state index in [0.29, 0.717) is 5.89 Å². The monoisotopic (exact) mass is 655 g/mol. The lowest BCUT2D eigenvalue weighted by Gasteiger charge is -2.22. The topological polar surface area (TPSA) is 54.7 Å². The average Bonchev–Trinajstić information content (AvgIpc) is 3.88. The molecule has 0 bridgehead atoms. The van der Waals surface area contributed by atoms with E-state index in [-0.39, 0.29) is 5.41 Å². The molecule has 0 unspecified atom stereocenters. The molecule has 9 aromatic rings. The van der Waals surface area contributed by atoms with Crippen LogP contribution < -0.4 is 0 Å². The van der Waals surface area contributed by atoms with E-state index in [1.165, 1.54) is 44.5 Å². The van der Waals surface area contributed by atoms with Gasteiger partial charge in [-0.25, -0.2) is 9.97 Å². The molecule has 10 rings (SSSR count). The number of aromatic amines is 1. The molecule has 2 heterocycles. The highest BCUT2D eigenvalue weighted by Crippen LogP contribution is 2.50. The van der Waals surface area contributed by atoms with E-state index in [4.69, 9.17) is 14.4 Å². The van der Waals surface area contributed by atoms with Gasteiger partial charge in [-0.15, -0.1) is 0 Å². The first-order valence-electron chi connectivity index (χ1n) is 17.4. The maximum atomic E-state index is 6.27. The summed E-state index contributed by atoms with van der Waals surface area (Å²) in [4.78, 5) is 13.3. The van der Waals surface area contributed by atoms with Gasteiger partial charge in [0, 0.05) is 16.5 Å². The van der Waals surface area contributed by atoms with Gasteiger partial charge in [-0.05, 0) is 116 Å². The molecule has 1 aliphatic rings. The van der Waals surface area contributed by atoms with Crippen LogP contribution in [0.25, 0.3) is 89.5 Å². The molecule has 1 N–H and O–H groups in total. The summed E-state index contributed by atoms with van der Waals surface area (Å²) in [5.41, 5.74) is 17.7. The molecule has 1 aliphatic carbocycles. The number of aromatic nitrogens is 3. The zero-order valence-corrected chi connectivity index (χ0v) is 28.3. The summed E-state index contributed by atoms with van der Waals surface area (Å²) < 4.78 is 6.27. The van der Waals surface area contributed by atoms with Crippen LogP contribution in [0.3, 0.4) is 0 Å². The average molecular weight is 656 g/mol. The number of oxazole rings is 1. The summed E-state index contributed by atoms with van der Waals surface area (Å²) in [6.07, 6.45) is 0. The Hall–Kier alpha value is -6.52. The second kappa shape index (κ2) is 11.3. The Balaban J connectivity index is 1.06. The molecule has 0 spiro atoms. The van der Waals surface area contributed by atoms with E-state index < -0.39 is 0 Å². The van der Waals surface area contributed by atoms with Crippen molar-refractivity contribution in [3.8, 4) is 67.3 Å². The summed E-state index contributed by atoms with van der Waals surface area (Å²) in [6.45, 7) is 4.70. The Morgan fingerprint density at radius 1 is 0.451 bits per heavy atom. The third kappa shape index (κ3) is 4.91. The molecule has 4 heteroatoms. The highest BCUT2D eigenvalue weighted by atomic mass is 16.3. The van der Waals surface area contributed by atoms with Crippen LogP contribution in [0.2, 0.25) is 0 Å². The van der Waals surface area contributed by atoms with Gasteiger partial charge in [-0.1, -0.05) is 111 Å². The highest BCUT2D eigenvalue weighted by molar-refractivity contribution is 5.88. The first-order chi connectivity index (χ1) is 25.0. The number of para-hydroxylation sites is 4. The Kier molecular flexibility index (Phi) is 6.49. The lowest BCUT2D eigenvalue weighted by Crippen LogP contribution is -2.15. The van der Waals surface area contributed by atoms with Crippen LogP contribution in [0.4, 0.5) is 0 Å². The fraction of sp³-hybridized carbons (Fsp3) is 0.0638. The summed E-state index contributed by atoms with van der Waals surface area (Å²) in [7, 11) is 0. The third-order valence-electron chi connectivity index (χ3n) is 10.4. The quantitative estimate of drug-likeness (QED) is 0.201. The first-order valence-corrected chi connectivity index (χ1v) is 17.4. The molecular weight excluding hydrogens is 623 g/mol. The van der Waals surface area contributed by atoms with Crippen molar-refractivity contribution in [2.24, 2.45) is 0 Å². The Labute approximate surface area is 296 Å². The fourth-order valence-corrected chi connectivity index (χ4v) is 7.75. The van der Waals surface area contributed by atoms with Crippen LogP contribution >= 0.6 is 0 Å². The van der Waals surface area contributed by atoms with Crippen LogP contribution in [-0.2, 0) is 5.41 Å². The van der Waals surface area contributed by atoms with E-state index in [2.05, 4.69) is 134 Å². The molecule has 0 saturated carbocycles. The van der Waals surface area contributed by atoms with Crippen LogP contribution in [0.15, 0.2) is 162 Å². The number of nitrogens with zero attached hydrogens (tertiary/aromatic N) is 2. The van der Waals surface area contributed by atoms with Crippen molar-refractivity contribution < 1.29 is 4.42 Å². The van der Waals surface area contributed by atoms with E-state index in [1.807, 2.05) is 42.5 Å². The van der Waals surface area contributed by atoms with Gasteiger partial charge in [0.15, 0.2) is 5.58 Å². The zero-order chi connectivity index (χ0) is 34.1. The predicted molar refractivity (Wildman–Crippen MR) is 208 cm³/mol. The van der Waals surface area contributed by atoms with Gasteiger partial charge in [-0.3, -0.25) is 0 Å². The maximum Gasteiger partial charge on any atom is 0.227 e. The molecule has 0 atom stereocenters. The zero-order valence-electron chi connectivity index (χ0n) is 28.3. The Morgan fingerprint density at radius 3 is 1.76 bits per heavy atom. The van der Waals surface area contributed by atoms with Gasteiger partial charge in [0.1, 0.15) is 11.3 Å². The number of imidazole rings is 1. The Morgan fingerprint density at radius 2 is 1.02 bits per heavy atom. The van der Waals surface area contributed by atoms with Crippen molar-refractivity contribution in [1.29, 1.82) is 0 Å². The van der Waals surface area contributed by atoms with E-state index >= 15 is 0 Å². The normalized spacial score (nSPS) is 13.1. The molecule has 4 nitrogen and oxygen atoms in total. The molecular formula is C47H33N3O. The van der Waals surface area contributed by atoms with E-state index in [1.54, 1.807) is 0 Å². The van der Waals surface area contributed by atoms with Crippen LogP contribution in [0.5, 0.6) is 0 Å². The maximum absolute atomic E-state index is 6.27. The number of fused-ring (bicyclic) bond motifs is 5. The second-order valence-electron chi connectivity index (χ2n) is 14.0. The largest absolute Gasteiger partial charge is 0.436 e. The summed E-state index contributed by atoms with van der Waals surface area (Å²) in [6, 6.07) is 55.9. The molecule has 0 fully saturated rings. The van der Waals surface area contributed by atoms with Crippen LogP contribution in [0, 0.1) is 0 Å². The number of rotatable bonds is 5. The SMILES string of the molecule is CC1(C)c2cc(-c3ccccc3)ccc2-c2ccc(-c3cccc(-c4cc(-c5nc6ccccc6[nH]5)cc(-c5nc6ccccc6o5)c4)c3)cc21. The predicted octanol–water partition coefficient (Wildman–Crippen LogP) is 12.3. The lowest BCUT2D eigenvalue weighted by atomic mass is 9.80. The third-order valence-corrected chi connectivity index (χ3v) is 10.4. The van der Waals surface area contributed by atoms with Gasteiger partial charge < -0.3 is 9.40 Å². The molecule has 2 aromatic heterocycles. The highest BCUT2D eigenvalue weighted by Gasteiger charge is 2.36. The minimum atomic E-state index is -0.127. The van der Waals surface area contributed by atoms with Crippen molar-refractivity contribution in [3.63, 3.8) is 0 Å². The van der Waals surface area contributed by atoms with Crippen molar-refractivity contribution >= 4 is 22.1 Å². The van der Waals surface area contributed by atoms with Gasteiger partial charge >= 0.3 is 0 Å². The molecule has 0 amide bonds. The fourth-order valence-electron chi connectivity index (χ4n) is 7.75. The lowest BCUT2D eigenvalue weighted by molar-refractivity contribution is 0.620. The summed E-state index contributed by atoms with van der Waals surface area (Å²) in [5.74, 6) is 1.39. The Bertz CT molecular complexity index is 2630. The van der Waals surface area contributed by atoms with Gasteiger partial charge in [0.25, 0.3) is 0 Å². The molecule has 51 heavy (non-hydrogen) atoms. The minimum Gasteiger partial charge on any atom is -0.436 e. The van der Waals surface area contributed by atoms with Crippen molar-refractivity contribution in [2.45, 2.75) is 19.3 Å². The smallest absolute Gasteiger partial charge is 0.227 e. The van der Waals surface area contributed by atoms with Crippen molar-refractivity contribution in [3.05, 3.63) is 169 Å². The summed E-state index contributed by atoms with van der Waals surface area (Å²) >= 11 is 0. The minimum absolute atomic E-state index is 0.127. The van der Waals surface area contributed by atoms with Crippen LogP contribution in [-0.4, -0.2) is 15.0 Å². The van der Waals surface area contributed by atoms with Gasteiger partial charge in [0.2, 0.25) is 5.89 Å². The van der Waals surface area contributed by atoms with Crippen molar-refractivity contribution in [2.75, 3.05) is 0 Å². The molecule has 0 radical (unpaired) electrons. The molecule has 242 valence electrons. The molecule has 0 aliphatic heterocycles. The van der Waals surface area contributed by atoms with Crippen LogP contribution in [0.1, 0.15) is 25.0 Å². The standard InChI is InChI=1S/C47H33N3O/c1-47(2)39-27-32(29-11-4-3-5-12-29)19-21-37(39)38-22-20-33(28-40(38)47)30-13-10-14-31(23-30)34-24-35(45-48-41-15-6-7-16-42(41)49-45)26-36(25-34)46-50-43-17-8-9-18-44(43)51-46/h3-28H,1-2H3,(H,48,49). The van der Waals surface area contributed by atoms with Gasteiger partial charge in [0.05, 0.1) is 11.0 Å². The number of H-pyrrole nitrogens is 1. The number of benzene rings is 7. The molecule has 0 saturated heterocycles.